The van der Waals surface area contributed by atoms with Crippen LogP contribution in [-0.2, 0) is 22.3 Å². The van der Waals surface area contributed by atoms with Gasteiger partial charge >= 0.3 is 0 Å². The zero-order chi connectivity index (χ0) is 15.2. The van der Waals surface area contributed by atoms with Crippen molar-refractivity contribution in [1.82, 2.24) is 9.55 Å². The number of imidazole rings is 1. The van der Waals surface area contributed by atoms with Crippen LogP contribution in [0.5, 0.6) is 0 Å². The van der Waals surface area contributed by atoms with Gasteiger partial charge in [0.25, 0.3) is 0 Å². The fraction of sp³-hybridized carbons (Fsp3) is 0.462. The van der Waals surface area contributed by atoms with E-state index in [4.69, 9.17) is 11.6 Å². The highest BCUT2D eigenvalue weighted by Crippen LogP contribution is 2.28. The summed E-state index contributed by atoms with van der Waals surface area (Å²) in [7, 11) is -3.05. The Hall–Kier alpha value is -0.660. The molecule has 4 nitrogen and oxygen atoms in total. The standard InChI is InChI=1S/C13H13BrClFN2O2S/c14-9-4-12-11(5-10(9)16)17-13(6-15)18(12)7-8-2-1-3-21(8,19)20/h4-5,8H,1-3,6-7H2. The molecule has 1 saturated heterocycles. The first-order valence-electron chi connectivity index (χ1n) is 6.54. The molecule has 21 heavy (non-hydrogen) atoms. The average molecular weight is 396 g/mol. The number of rotatable bonds is 3. The van der Waals surface area contributed by atoms with Gasteiger partial charge in [-0.25, -0.2) is 17.8 Å². The van der Waals surface area contributed by atoms with E-state index in [1.807, 2.05) is 0 Å². The summed E-state index contributed by atoms with van der Waals surface area (Å²) in [6.45, 7) is 0.318. The average Bonchev–Trinajstić information content (AvgIpc) is 2.92. The molecule has 0 N–H and O–H groups in total. The molecule has 0 spiro atoms. The van der Waals surface area contributed by atoms with Gasteiger partial charge in [0.1, 0.15) is 11.6 Å². The lowest BCUT2D eigenvalue weighted by molar-refractivity contribution is 0.565. The van der Waals surface area contributed by atoms with E-state index < -0.39 is 20.9 Å². The Morgan fingerprint density at radius 2 is 2.24 bits per heavy atom. The van der Waals surface area contributed by atoms with Crippen LogP contribution in [0, 0.1) is 5.82 Å². The first kappa shape index (κ1) is 15.2. The van der Waals surface area contributed by atoms with Crippen molar-refractivity contribution in [3.63, 3.8) is 0 Å². The number of nitrogens with zero attached hydrogens (tertiary/aromatic N) is 2. The van der Waals surface area contributed by atoms with Crippen LogP contribution in [0.1, 0.15) is 18.7 Å². The highest BCUT2D eigenvalue weighted by Gasteiger charge is 2.32. The molecule has 1 unspecified atom stereocenters. The Bertz CT molecular complexity index is 806. The number of benzene rings is 1. The van der Waals surface area contributed by atoms with E-state index in [-0.39, 0.29) is 11.6 Å². The maximum atomic E-state index is 13.6. The van der Waals surface area contributed by atoms with Crippen LogP contribution >= 0.6 is 27.5 Å². The molecule has 2 heterocycles. The second-order valence-corrected chi connectivity index (χ2v) is 8.68. The molecule has 3 rings (SSSR count). The van der Waals surface area contributed by atoms with Gasteiger partial charge in [0.15, 0.2) is 9.84 Å². The number of sulfone groups is 1. The minimum atomic E-state index is -3.05. The summed E-state index contributed by atoms with van der Waals surface area (Å²) in [5.41, 5.74) is 1.18. The number of aromatic nitrogens is 2. The highest BCUT2D eigenvalue weighted by molar-refractivity contribution is 9.10. The van der Waals surface area contributed by atoms with Gasteiger partial charge in [0, 0.05) is 12.6 Å². The number of fused-ring (bicyclic) bond motifs is 1. The molecule has 1 fully saturated rings. The second-order valence-electron chi connectivity index (χ2n) is 5.16. The smallest absolute Gasteiger partial charge is 0.154 e. The number of hydrogen-bond acceptors (Lipinski definition) is 3. The SMILES string of the molecule is O=S1(=O)CCCC1Cn1c(CCl)nc2cc(F)c(Br)cc21. The summed E-state index contributed by atoms with van der Waals surface area (Å²) < 4.78 is 39.7. The van der Waals surface area contributed by atoms with Crippen molar-refractivity contribution < 1.29 is 12.8 Å². The van der Waals surface area contributed by atoms with Crippen LogP contribution in [0.3, 0.4) is 0 Å². The Morgan fingerprint density at radius 1 is 1.48 bits per heavy atom. The van der Waals surface area contributed by atoms with Crippen molar-refractivity contribution in [2.45, 2.75) is 30.5 Å². The summed E-state index contributed by atoms with van der Waals surface area (Å²) in [6.07, 6.45) is 1.33. The van der Waals surface area contributed by atoms with Crippen molar-refractivity contribution in [1.29, 1.82) is 0 Å². The molecule has 1 aromatic carbocycles. The third-order valence-corrected chi connectivity index (χ3v) is 6.94. The zero-order valence-electron chi connectivity index (χ0n) is 11.0. The van der Waals surface area contributed by atoms with Gasteiger partial charge in [-0.1, -0.05) is 0 Å². The van der Waals surface area contributed by atoms with Gasteiger partial charge in [0.2, 0.25) is 0 Å². The molecule has 114 valence electrons. The van der Waals surface area contributed by atoms with E-state index in [2.05, 4.69) is 20.9 Å². The van der Waals surface area contributed by atoms with Gasteiger partial charge in [-0.2, -0.15) is 0 Å². The highest BCUT2D eigenvalue weighted by atomic mass is 79.9. The topological polar surface area (TPSA) is 52.0 Å². The lowest BCUT2D eigenvalue weighted by Gasteiger charge is -2.13. The molecule has 0 radical (unpaired) electrons. The maximum absolute atomic E-state index is 13.6. The number of halogens is 3. The largest absolute Gasteiger partial charge is 0.326 e. The van der Waals surface area contributed by atoms with Crippen molar-refractivity contribution in [2.24, 2.45) is 0 Å². The Morgan fingerprint density at radius 3 is 2.86 bits per heavy atom. The fourth-order valence-corrected chi connectivity index (χ4v) is 5.08. The molecule has 0 bridgehead atoms. The third kappa shape index (κ3) is 2.71. The van der Waals surface area contributed by atoms with Gasteiger partial charge in [0.05, 0.1) is 32.4 Å². The van der Waals surface area contributed by atoms with Gasteiger partial charge in [-0.15, -0.1) is 11.6 Å². The summed E-state index contributed by atoms with van der Waals surface area (Å²) >= 11 is 9.05. The predicted octanol–water partition coefficient (Wildman–Crippen LogP) is 3.25. The van der Waals surface area contributed by atoms with Crippen LogP contribution < -0.4 is 0 Å². The molecular weight excluding hydrogens is 383 g/mol. The van der Waals surface area contributed by atoms with Crippen LogP contribution in [-0.4, -0.2) is 29.0 Å². The molecule has 1 aliphatic heterocycles. The van der Waals surface area contributed by atoms with Crippen molar-refractivity contribution in [2.75, 3.05) is 5.75 Å². The first-order chi connectivity index (χ1) is 9.92. The number of hydrogen-bond donors (Lipinski definition) is 0. The first-order valence-corrected chi connectivity index (χ1v) is 9.58. The molecule has 0 amide bonds. The Labute approximate surface area is 135 Å². The molecule has 1 aromatic heterocycles. The van der Waals surface area contributed by atoms with Crippen LogP contribution in [0.2, 0.25) is 0 Å². The molecule has 8 heteroatoms. The fourth-order valence-electron chi connectivity index (χ4n) is 2.74. The van der Waals surface area contributed by atoms with Gasteiger partial charge < -0.3 is 4.57 Å². The molecule has 1 aliphatic rings. The molecular formula is C13H13BrClFN2O2S. The molecule has 2 aromatic rings. The van der Waals surface area contributed by atoms with E-state index >= 15 is 0 Å². The predicted molar refractivity (Wildman–Crippen MR) is 83.8 cm³/mol. The van der Waals surface area contributed by atoms with Crippen molar-refractivity contribution in [3.05, 3.63) is 28.2 Å². The lowest BCUT2D eigenvalue weighted by Crippen LogP contribution is -2.23. The van der Waals surface area contributed by atoms with E-state index in [1.165, 1.54) is 6.07 Å². The summed E-state index contributed by atoms with van der Waals surface area (Å²) in [5.74, 6) is 0.549. The second kappa shape index (κ2) is 5.52. The van der Waals surface area contributed by atoms with E-state index in [0.29, 0.717) is 40.7 Å². The summed E-state index contributed by atoms with van der Waals surface area (Å²) in [4.78, 5) is 4.30. The summed E-state index contributed by atoms with van der Waals surface area (Å²) in [6, 6.07) is 2.95. The molecule has 0 aliphatic carbocycles. The Kier molecular flexibility index (Phi) is 4.00. The lowest BCUT2D eigenvalue weighted by atomic mass is 10.2. The molecule has 0 saturated carbocycles. The molecule has 1 atom stereocenters. The maximum Gasteiger partial charge on any atom is 0.154 e. The van der Waals surface area contributed by atoms with Crippen LogP contribution in [0.4, 0.5) is 4.39 Å². The van der Waals surface area contributed by atoms with Crippen LogP contribution in [0.25, 0.3) is 11.0 Å². The van der Waals surface area contributed by atoms with Gasteiger partial charge in [-0.3, -0.25) is 0 Å². The van der Waals surface area contributed by atoms with E-state index in [9.17, 15) is 12.8 Å². The zero-order valence-corrected chi connectivity index (χ0v) is 14.2. The summed E-state index contributed by atoms with van der Waals surface area (Å²) in [5, 5.41) is -0.416. The van der Waals surface area contributed by atoms with Crippen molar-refractivity contribution in [3.8, 4) is 0 Å². The van der Waals surface area contributed by atoms with E-state index in [1.54, 1.807) is 10.6 Å². The minimum absolute atomic E-state index is 0.153. The van der Waals surface area contributed by atoms with Gasteiger partial charge in [-0.05, 0) is 34.8 Å². The third-order valence-electron chi connectivity index (χ3n) is 3.84. The van der Waals surface area contributed by atoms with E-state index in [0.717, 1.165) is 0 Å². The quantitative estimate of drug-likeness (QED) is 0.750. The normalized spacial score (nSPS) is 21.2. The number of alkyl halides is 1. The minimum Gasteiger partial charge on any atom is -0.326 e. The Balaban J connectivity index is 2.10. The monoisotopic (exact) mass is 394 g/mol. The van der Waals surface area contributed by atoms with Crippen LogP contribution in [0.15, 0.2) is 16.6 Å². The van der Waals surface area contributed by atoms with Crippen molar-refractivity contribution >= 4 is 48.4 Å².